The Morgan fingerprint density at radius 3 is 2.61 bits per heavy atom. The van der Waals surface area contributed by atoms with Crippen molar-refractivity contribution in [3.8, 4) is 10.6 Å². The summed E-state index contributed by atoms with van der Waals surface area (Å²) >= 11 is 1.21. The largest absolute Gasteiger partial charge is 0.416 e. The zero-order valence-electron chi connectivity index (χ0n) is 9.40. The van der Waals surface area contributed by atoms with Gasteiger partial charge in [-0.25, -0.2) is 4.98 Å². The van der Waals surface area contributed by atoms with Crippen LogP contribution in [0.3, 0.4) is 0 Å². The van der Waals surface area contributed by atoms with Gasteiger partial charge in [0.2, 0.25) is 0 Å². The molecule has 0 aliphatic rings. The molecule has 1 N–H and O–H groups in total. The van der Waals surface area contributed by atoms with Gasteiger partial charge in [-0.2, -0.15) is 13.2 Å². The van der Waals surface area contributed by atoms with Crippen LogP contribution in [-0.4, -0.2) is 10.1 Å². The molecule has 0 amide bonds. The number of hydrogen-bond acceptors (Lipinski definition) is 3. The quantitative estimate of drug-likeness (QED) is 0.900. The SMILES string of the molecule is CC(O)c1csc(-c2cccc(C(F)(F)F)c2)n1. The van der Waals surface area contributed by atoms with E-state index in [-0.39, 0.29) is 0 Å². The number of benzene rings is 1. The van der Waals surface area contributed by atoms with Gasteiger partial charge in [-0.15, -0.1) is 11.3 Å². The molecule has 0 radical (unpaired) electrons. The highest BCUT2D eigenvalue weighted by atomic mass is 32.1. The van der Waals surface area contributed by atoms with Crippen LogP contribution in [0, 0.1) is 0 Å². The molecule has 0 bridgehead atoms. The molecule has 0 aliphatic heterocycles. The van der Waals surface area contributed by atoms with E-state index in [1.54, 1.807) is 18.4 Å². The first-order chi connectivity index (χ1) is 8.38. The molecule has 0 fully saturated rings. The summed E-state index contributed by atoms with van der Waals surface area (Å²) in [5.74, 6) is 0. The van der Waals surface area contributed by atoms with Gasteiger partial charge >= 0.3 is 6.18 Å². The number of nitrogens with zero attached hydrogens (tertiary/aromatic N) is 1. The van der Waals surface area contributed by atoms with E-state index >= 15 is 0 Å². The first-order valence-corrected chi connectivity index (χ1v) is 6.07. The molecule has 0 spiro atoms. The number of thiazole rings is 1. The Labute approximate surface area is 106 Å². The van der Waals surface area contributed by atoms with E-state index in [0.717, 1.165) is 12.1 Å². The lowest BCUT2D eigenvalue weighted by Gasteiger charge is -2.07. The number of halogens is 3. The molecule has 1 heterocycles. The summed E-state index contributed by atoms with van der Waals surface area (Å²) in [6.07, 6.45) is -5.08. The summed E-state index contributed by atoms with van der Waals surface area (Å²) in [6, 6.07) is 5.00. The Morgan fingerprint density at radius 2 is 2.06 bits per heavy atom. The lowest BCUT2D eigenvalue weighted by molar-refractivity contribution is -0.137. The fraction of sp³-hybridized carbons (Fsp3) is 0.250. The van der Waals surface area contributed by atoms with Crippen LogP contribution >= 0.6 is 11.3 Å². The van der Waals surface area contributed by atoms with Crippen molar-refractivity contribution in [2.45, 2.75) is 19.2 Å². The smallest absolute Gasteiger partial charge is 0.387 e. The highest BCUT2D eigenvalue weighted by Crippen LogP contribution is 2.33. The van der Waals surface area contributed by atoms with Crippen molar-refractivity contribution in [1.82, 2.24) is 4.98 Å². The third kappa shape index (κ3) is 2.70. The van der Waals surface area contributed by atoms with Crippen molar-refractivity contribution in [2.75, 3.05) is 0 Å². The fourth-order valence-electron chi connectivity index (χ4n) is 1.44. The monoisotopic (exact) mass is 273 g/mol. The standard InChI is InChI=1S/C12H10F3NOS/c1-7(17)10-6-18-11(16-10)8-3-2-4-9(5-8)12(13,14)15/h2-7,17H,1H3. The molecule has 6 heteroatoms. The molecule has 2 aromatic rings. The summed E-state index contributed by atoms with van der Waals surface area (Å²) in [5, 5.41) is 11.4. The van der Waals surface area contributed by atoms with E-state index < -0.39 is 17.8 Å². The van der Waals surface area contributed by atoms with Crippen LogP contribution in [-0.2, 0) is 6.18 Å². The van der Waals surface area contributed by atoms with E-state index in [0.29, 0.717) is 16.3 Å². The van der Waals surface area contributed by atoms with Gasteiger partial charge in [0.05, 0.1) is 17.4 Å². The van der Waals surface area contributed by atoms with E-state index in [1.165, 1.54) is 17.4 Å². The number of rotatable bonds is 2. The molecule has 1 aromatic carbocycles. The zero-order chi connectivity index (χ0) is 13.3. The van der Waals surface area contributed by atoms with Crippen molar-refractivity contribution in [2.24, 2.45) is 0 Å². The van der Waals surface area contributed by atoms with Gasteiger partial charge < -0.3 is 5.11 Å². The van der Waals surface area contributed by atoms with E-state index in [2.05, 4.69) is 4.98 Å². The van der Waals surface area contributed by atoms with E-state index in [1.807, 2.05) is 0 Å². The van der Waals surface area contributed by atoms with Crippen LogP contribution in [0.25, 0.3) is 10.6 Å². The minimum absolute atomic E-state index is 0.404. The maximum Gasteiger partial charge on any atom is 0.416 e. The van der Waals surface area contributed by atoms with E-state index in [9.17, 15) is 18.3 Å². The molecule has 1 aromatic heterocycles. The second-order valence-electron chi connectivity index (χ2n) is 3.83. The lowest BCUT2D eigenvalue weighted by Crippen LogP contribution is -2.04. The van der Waals surface area contributed by atoms with Crippen molar-refractivity contribution in [3.05, 3.63) is 40.9 Å². The Morgan fingerprint density at radius 1 is 1.33 bits per heavy atom. The first kappa shape index (κ1) is 13.0. The second kappa shape index (κ2) is 4.70. The molecule has 0 aliphatic carbocycles. The lowest BCUT2D eigenvalue weighted by atomic mass is 10.1. The van der Waals surface area contributed by atoms with Gasteiger partial charge in [0.1, 0.15) is 5.01 Å². The van der Waals surface area contributed by atoms with Crippen LogP contribution in [0.5, 0.6) is 0 Å². The summed E-state index contributed by atoms with van der Waals surface area (Å²) in [7, 11) is 0. The Hall–Kier alpha value is -1.40. The van der Waals surface area contributed by atoms with Gasteiger partial charge in [-0.3, -0.25) is 0 Å². The summed E-state index contributed by atoms with van der Waals surface area (Å²) < 4.78 is 37.7. The first-order valence-electron chi connectivity index (χ1n) is 5.19. The topological polar surface area (TPSA) is 33.1 Å². The van der Waals surface area contributed by atoms with Crippen molar-refractivity contribution in [1.29, 1.82) is 0 Å². The highest BCUT2D eigenvalue weighted by molar-refractivity contribution is 7.13. The number of aromatic nitrogens is 1. The minimum Gasteiger partial charge on any atom is -0.387 e. The predicted octanol–water partition coefficient (Wildman–Crippen LogP) is 3.88. The van der Waals surface area contributed by atoms with Gasteiger partial charge in [-0.1, -0.05) is 12.1 Å². The predicted molar refractivity (Wildman–Crippen MR) is 63.2 cm³/mol. The maximum atomic E-state index is 12.6. The van der Waals surface area contributed by atoms with Crippen LogP contribution < -0.4 is 0 Å². The second-order valence-corrected chi connectivity index (χ2v) is 4.69. The average Bonchev–Trinajstić information content (AvgIpc) is 2.77. The molecule has 0 saturated heterocycles. The minimum atomic E-state index is -4.36. The maximum absolute atomic E-state index is 12.6. The molecule has 0 saturated carbocycles. The number of hydrogen-bond donors (Lipinski definition) is 1. The van der Waals surface area contributed by atoms with Gasteiger partial charge in [-0.05, 0) is 19.1 Å². The molecule has 1 atom stereocenters. The average molecular weight is 273 g/mol. The number of aliphatic hydroxyl groups is 1. The molecule has 2 rings (SSSR count). The normalized spacial score (nSPS) is 13.6. The highest BCUT2D eigenvalue weighted by Gasteiger charge is 2.30. The van der Waals surface area contributed by atoms with E-state index in [4.69, 9.17) is 0 Å². The molecule has 18 heavy (non-hydrogen) atoms. The number of aliphatic hydroxyl groups excluding tert-OH is 1. The van der Waals surface area contributed by atoms with Crippen molar-refractivity contribution >= 4 is 11.3 Å². The Kier molecular flexibility index (Phi) is 3.41. The third-order valence-corrected chi connectivity index (χ3v) is 3.30. The van der Waals surface area contributed by atoms with Crippen LogP contribution in [0.4, 0.5) is 13.2 Å². The van der Waals surface area contributed by atoms with Gasteiger partial charge in [0.15, 0.2) is 0 Å². The third-order valence-electron chi connectivity index (χ3n) is 2.39. The van der Waals surface area contributed by atoms with Crippen molar-refractivity contribution < 1.29 is 18.3 Å². The molecule has 1 unspecified atom stereocenters. The summed E-state index contributed by atoms with van der Waals surface area (Å²) in [4.78, 5) is 4.10. The van der Waals surface area contributed by atoms with Gasteiger partial charge in [0, 0.05) is 10.9 Å². The van der Waals surface area contributed by atoms with Crippen LogP contribution in [0.2, 0.25) is 0 Å². The molecular formula is C12H10F3NOS. The Bertz CT molecular complexity index is 548. The molecule has 2 nitrogen and oxygen atoms in total. The number of alkyl halides is 3. The fourth-order valence-corrected chi connectivity index (χ4v) is 2.34. The van der Waals surface area contributed by atoms with Crippen LogP contribution in [0.15, 0.2) is 29.6 Å². The van der Waals surface area contributed by atoms with Gasteiger partial charge in [0.25, 0.3) is 0 Å². The Balaban J connectivity index is 2.38. The molecular weight excluding hydrogens is 263 g/mol. The zero-order valence-corrected chi connectivity index (χ0v) is 10.2. The molecule has 96 valence electrons. The van der Waals surface area contributed by atoms with Crippen LogP contribution in [0.1, 0.15) is 24.3 Å². The van der Waals surface area contributed by atoms with Crippen molar-refractivity contribution in [3.63, 3.8) is 0 Å². The summed E-state index contributed by atoms with van der Waals surface area (Å²) in [6.45, 7) is 1.56. The summed E-state index contributed by atoms with van der Waals surface area (Å²) in [5.41, 5.74) is 0.169.